The molecule has 0 spiro atoms. The zero-order valence-corrected chi connectivity index (χ0v) is 20.6. The number of hydrogen-bond acceptors (Lipinski definition) is 6. The first-order valence-electron chi connectivity index (χ1n) is 12.3. The third-order valence-corrected chi connectivity index (χ3v) is 7.57. The molecule has 0 bridgehead atoms. The van der Waals surface area contributed by atoms with Crippen LogP contribution in [-0.4, -0.2) is 61.9 Å². The van der Waals surface area contributed by atoms with Crippen molar-refractivity contribution >= 4 is 46.0 Å². The van der Waals surface area contributed by atoms with Crippen LogP contribution in [0.25, 0.3) is 6.08 Å². The summed E-state index contributed by atoms with van der Waals surface area (Å²) in [6.45, 7) is 8.22. The molecule has 2 aromatic carbocycles. The lowest BCUT2D eigenvalue weighted by atomic mass is 10.1. The topological polar surface area (TPSA) is 48.4 Å². The minimum absolute atomic E-state index is 0.0243. The Morgan fingerprint density at radius 3 is 2.15 bits per heavy atom. The number of morpholine rings is 1. The maximum Gasteiger partial charge on any atom is 0.266 e. The summed E-state index contributed by atoms with van der Waals surface area (Å²) in [6.07, 6.45) is 5.85. The molecule has 7 heteroatoms. The molecule has 178 valence electrons. The Bertz CT molecular complexity index is 1050. The summed E-state index contributed by atoms with van der Waals surface area (Å²) in [5.41, 5.74) is 4.36. The van der Waals surface area contributed by atoms with Gasteiger partial charge in [0.05, 0.1) is 23.8 Å². The summed E-state index contributed by atoms with van der Waals surface area (Å²) in [6, 6.07) is 16.8. The lowest BCUT2D eigenvalue weighted by Gasteiger charge is -2.28. The van der Waals surface area contributed by atoms with Crippen molar-refractivity contribution in [2.24, 2.45) is 4.99 Å². The number of benzene rings is 2. The second kappa shape index (κ2) is 10.7. The molecule has 0 saturated carbocycles. The number of anilines is 2. The molecule has 0 radical (unpaired) electrons. The monoisotopic (exact) mass is 476 g/mol. The van der Waals surface area contributed by atoms with Crippen molar-refractivity contribution in [2.75, 3.05) is 55.7 Å². The molecule has 34 heavy (non-hydrogen) atoms. The number of hydrogen-bond donors (Lipinski definition) is 0. The van der Waals surface area contributed by atoms with Gasteiger partial charge in [0.1, 0.15) is 0 Å². The highest BCUT2D eigenvalue weighted by Crippen LogP contribution is 2.34. The van der Waals surface area contributed by atoms with Crippen LogP contribution in [0, 0.1) is 0 Å². The van der Waals surface area contributed by atoms with E-state index in [4.69, 9.17) is 9.73 Å². The molecule has 3 aliphatic rings. The van der Waals surface area contributed by atoms with Gasteiger partial charge < -0.3 is 14.5 Å². The number of carbonyl (C=O) groups excluding carboxylic acids is 1. The summed E-state index contributed by atoms with van der Waals surface area (Å²) in [7, 11) is 0. The number of nitrogens with zero attached hydrogens (tertiary/aromatic N) is 4. The minimum atomic E-state index is 0.0243. The molecule has 2 aromatic rings. The lowest BCUT2D eigenvalue weighted by Crippen LogP contribution is -2.36. The van der Waals surface area contributed by atoms with Crippen molar-refractivity contribution in [1.82, 2.24) is 4.90 Å². The van der Waals surface area contributed by atoms with E-state index in [0.717, 1.165) is 60.7 Å². The minimum Gasteiger partial charge on any atom is -0.378 e. The number of thioether (sulfide) groups is 1. The van der Waals surface area contributed by atoms with Gasteiger partial charge in [-0.05, 0) is 86.0 Å². The Labute approximate surface area is 206 Å². The van der Waals surface area contributed by atoms with E-state index in [9.17, 15) is 4.79 Å². The van der Waals surface area contributed by atoms with Crippen LogP contribution in [0.4, 0.5) is 17.1 Å². The van der Waals surface area contributed by atoms with Crippen molar-refractivity contribution in [1.29, 1.82) is 0 Å². The number of likely N-dealkylation sites (N-methyl/N-ethyl adjacent to an activating group) is 1. The van der Waals surface area contributed by atoms with Gasteiger partial charge in [-0.3, -0.25) is 9.69 Å². The Morgan fingerprint density at radius 1 is 0.882 bits per heavy atom. The zero-order valence-electron chi connectivity index (χ0n) is 19.8. The largest absolute Gasteiger partial charge is 0.378 e. The molecule has 0 atom stereocenters. The number of carbonyl (C=O) groups is 1. The van der Waals surface area contributed by atoms with Gasteiger partial charge in [0.25, 0.3) is 5.91 Å². The maximum absolute atomic E-state index is 13.0. The van der Waals surface area contributed by atoms with Crippen LogP contribution in [0.15, 0.2) is 58.4 Å². The van der Waals surface area contributed by atoms with Gasteiger partial charge in [0.15, 0.2) is 5.17 Å². The fraction of sp³-hybridized carbons (Fsp3) is 0.407. The first-order valence-corrected chi connectivity index (χ1v) is 13.1. The van der Waals surface area contributed by atoms with E-state index in [0.29, 0.717) is 6.54 Å². The molecular weight excluding hydrogens is 444 g/mol. The highest BCUT2D eigenvalue weighted by Gasteiger charge is 2.32. The number of rotatable bonds is 5. The van der Waals surface area contributed by atoms with Crippen LogP contribution in [0.5, 0.6) is 0 Å². The second-order valence-electron chi connectivity index (χ2n) is 8.81. The Balaban J connectivity index is 1.30. The predicted molar refractivity (Wildman–Crippen MR) is 142 cm³/mol. The number of ether oxygens (including phenoxy) is 1. The smallest absolute Gasteiger partial charge is 0.266 e. The first kappa shape index (κ1) is 23.0. The van der Waals surface area contributed by atoms with Crippen molar-refractivity contribution in [3.63, 3.8) is 0 Å². The second-order valence-corrected chi connectivity index (χ2v) is 9.82. The van der Waals surface area contributed by atoms with E-state index in [-0.39, 0.29) is 5.91 Å². The van der Waals surface area contributed by atoms with E-state index >= 15 is 0 Å². The standard InChI is InChI=1S/C27H32N4O2S/c1-2-31-26(32)25(20-21-6-10-23(11-7-21)29-14-4-3-5-15-29)34-27(31)28-22-8-12-24(13-9-22)30-16-18-33-19-17-30/h6-13,20H,2-5,14-19H2,1H3/b25-20-,28-27?. The van der Waals surface area contributed by atoms with Gasteiger partial charge in [-0.1, -0.05) is 12.1 Å². The fourth-order valence-electron chi connectivity index (χ4n) is 4.63. The average Bonchev–Trinajstić information content (AvgIpc) is 3.19. The molecule has 0 aromatic heterocycles. The SMILES string of the molecule is CCN1C(=O)/C(=C/c2ccc(N3CCCCC3)cc2)SC1=Nc1ccc(N2CCOCC2)cc1. The van der Waals surface area contributed by atoms with E-state index in [2.05, 4.69) is 46.2 Å². The molecule has 3 saturated heterocycles. The predicted octanol–water partition coefficient (Wildman–Crippen LogP) is 5.14. The summed E-state index contributed by atoms with van der Waals surface area (Å²) < 4.78 is 5.44. The van der Waals surface area contributed by atoms with Crippen LogP contribution in [0.1, 0.15) is 31.7 Å². The molecular formula is C27H32N4O2S. The summed E-state index contributed by atoms with van der Waals surface area (Å²) in [5, 5.41) is 0.739. The highest BCUT2D eigenvalue weighted by atomic mass is 32.2. The van der Waals surface area contributed by atoms with Crippen molar-refractivity contribution in [3.05, 3.63) is 59.0 Å². The Hall–Kier alpha value is -2.77. The quantitative estimate of drug-likeness (QED) is 0.560. The van der Waals surface area contributed by atoms with Gasteiger partial charge in [0, 0.05) is 44.1 Å². The number of aliphatic imine (C=N–C) groups is 1. The van der Waals surface area contributed by atoms with Crippen LogP contribution >= 0.6 is 11.8 Å². The Morgan fingerprint density at radius 2 is 1.50 bits per heavy atom. The molecule has 3 aliphatic heterocycles. The summed E-state index contributed by atoms with van der Waals surface area (Å²) in [5.74, 6) is 0.0243. The molecule has 1 amide bonds. The van der Waals surface area contributed by atoms with Crippen LogP contribution in [0.2, 0.25) is 0 Å². The van der Waals surface area contributed by atoms with E-state index < -0.39 is 0 Å². The van der Waals surface area contributed by atoms with E-state index in [1.165, 1.54) is 42.4 Å². The molecule has 5 rings (SSSR count). The first-order chi connectivity index (χ1) is 16.7. The Kier molecular flexibility index (Phi) is 7.21. The third kappa shape index (κ3) is 5.15. The van der Waals surface area contributed by atoms with Gasteiger partial charge in [0.2, 0.25) is 0 Å². The van der Waals surface area contributed by atoms with Gasteiger partial charge >= 0.3 is 0 Å². The maximum atomic E-state index is 13.0. The van der Waals surface area contributed by atoms with Crippen LogP contribution in [0.3, 0.4) is 0 Å². The van der Waals surface area contributed by atoms with Gasteiger partial charge in [-0.25, -0.2) is 4.99 Å². The molecule has 6 nitrogen and oxygen atoms in total. The van der Waals surface area contributed by atoms with E-state index in [1.807, 2.05) is 25.1 Å². The zero-order chi connectivity index (χ0) is 23.3. The van der Waals surface area contributed by atoms with Gasteiger partial charge in [-0.15, -0.1) is 0 Å². The number of amidine groups is 1. The lowest BCUT2D eigenvalue weighted by molar-refractivity contribution is -0.122. The highest BCUT2D eigenvalue weighted by molar-refractivity contribution is 8.18. The summed E-state index contributed by atoms with van der Waals surface area (Å²) >= 11 is 1.46. The normalized spacial score (nSPS) is 21.7. The van der Waals surface area contributed by atoms with Crippen LogP contribution in [-0.2, 0) is 9.53 Å². The van der Waals surface area contributed by atoms with Crippen LogP contribution < -0.4 is 9.80 Å². The number of piperidine rings is 1. The van der Waals surface area contributed by atoms with Crippen molar-refractivity contribution < 1.29 is 9.53 Å². The fourth-order valence-corrected chi connectivity index (χ4v) is 5.69. The molecule has 0 N–H and O–H groups in total. The molecule has 3 fully saturated rings. The number of amides is 1. The average molecular weight is 477 g/mol. The molecule has 0 aliphatic carbocycles. The van der Waals surface area contributed by atoms with Crippen molar-refractivity contribution in [3.8, 4) is 0 Å². The van der Waals surface area contributed by atoms with E-state index in [1.54, 1.807) is 4.90 Å². The van der Waals surface area contributed by atoms with Crippen molar-refractivity contribution in [2.45, 2.75) is 26.2 Å². The molecule has 3 heterocycles. The summed E-state index contributed by atoms with van der Waals surface area (Å²) in [4.78, 5) is 25.1. The van der Waals surface area contributed by atoms with Gasteiger partial charge in [-0.2, -0.15) is 0 Å². The third-order valence-electron chi connectivity index (χ3n) is 6.57. The molecule has 0 unspecified atom stereocenters.